The molecule has 0 aromatic heterocycles. The van der Waals surface area contributed by atoms with Gasteiger partial charge >= 0.3 is 0 Å². The molecule has 1 aliphatic heterocycles. The Kier molecular flexibility index (Phi) is 3.19. The second kappa shape index (κ2) is 4.85. The molecule has 19 heavy (non-hydrogen) atoms. The second-order valence-corrected chi connectivity index (χ2v) is 5.82. The summed E-state index contributed by atoms with van der Waals surface area (Å²) in [6.45, 7) is 3.09. The van der Waals surface area contributed by atoms with Gasteiger partial charge in [0.1, 0.15) is 0 Å². The van der Waals surface area contributed by atoms with Crippen molar-refractivity contribution in [2.75, 3.05) is 17.6 Å². The lowest BCUT2D eigenvalue weighted by atomic mass is 10.1. The van der Waals surface area contributed by atoms with E-state index in [1.807, 2.05) is 19.1 Å². The molecule has 3 atom stereocenters. The van der Waals surface area contributed by atoms with Crippen molar-refractivity contribution in [2.45, 2.75) is 38.3 Å². The summed E-state index contributed by atoms with van der Waals surface area (Å²) in [7, 11) is 0. The van der Waals surface area contributed by atoms with Gasteiger partial charge in [-0.05, 0) is 56.4 Å². The summed E-state index contributed by atoms with van der Waals surface area (Å²) in [5.74, 6) is 0.897. The van der Waals surface area contributed by atoms with Crippen molar-refractivity contribution in [2.24, 2.45) is 5.92 Å². The zero-order valence-corrected chi connectivity index (χ0v) is 11.3. The minimum Gasteiger partial charge on any atom is -0.399 e. The molecule has 0 spiro atoms. The molecule has 3 unspecified atom stereocenters. The van der Waals surface area contributed by atoms with Gasteiger partial charge in [0.05, 0.1) is 6.04 Å². The van der Waals surface area contributed by atoms with Gasteiger partial charge in [-0.25, -0.2) is 0 Å². The van der Waals surface area contributed by atoms with Gasteiger partial charge in [0.15, 0.2) is 0 Å². The number of fused-ring (bicyclic) bond motifs is 2. The molecule has 1 amide bonds. The number of nitrogen functional groups attached to an aromatic ring is 1. The maximum Gasteiger partial charge on any atom is 0.241 e. The third-order valence-corrected chi connectivity index (χ3v) is 4.51. The summed E-state index contributed by atoms with van der Waals surface area (Å²) < 4.78 is 0. The Morgan fingerprint density at radius 2 is 2.11 bits per heavy atom. The molecule has 1 saturated heterocycles. The van der Waals surface area contributed by atoms with E-state index in [1.54, 1.807) is 12.1 Å². The zero-order chi connectivity index (χ0) is 13.4. The Morgan fingerprint density at radius 1 is 1.37 bits per heavy atom. The number of hydrogen-bond donors (Lipinski definition) is 2. The number of hydrogen-bond acceptors (Lipinski definition) is 3. The number of carbonyl (C=O) groups excluding carboxylic acids is 1. The monoisotopic (exact) mass is 259 g/mol. The van der Waals surface area contributed by atoms with Crippen molar-refractivity contribution in [3.05, 3.63) is 24.3 Å². The van der Waals surface area contributed by atoms with E-state index in [0.717, 1.165) is 18.2 Å². The van der Waals surface area contributed by atoms with Crippen LogP contribution in [0.3, 0.4) is 0 Å². The van der Waals surface area contributed by atoms with Crippen molar-refractivity contribution in [1.29, 1.82) is 0 Å². The van der Waals surface area contributed by atoms with Gasteiger partial charge in [-0.1, -0.05) is 0 Å². The molecular weight excluding hydrogens is 238 g/mol. The first-order valence-electron chi connectivity index (χ1n) is 7.05. The summed E-state index contributed by atoms with van der Waals surface area (Å²) in [6, 6.07) is 7.87. The third kappa shape index (κ3) is 2.45. The van der Waals surface area contributed by atoms with E-state index >= 15 is 0 Å². The molecule has 1 aromatic rings. The molecule has 102 valence electrons. The van der Waals surface area contributed by atoms with Crippen molar-refractivity contribution >= 4 is 17.3 Å². The number of nitrogens with one attached hydrogen (secondary N) is 1. The van der Waals surface area contributed by atoms with Crippen molar-refractivity contribution in [3.63, 3.8) is 0 Å². The summed E-state index contributed by atoms with van der Waals surface area (Å²) >= 11 is 0. The van der Waals surface area contributed by atoms with E-state index in [9.17, 15) is 4.79 Å². The van der Waals surface area contributed by atoms with Crippen LogP contribution in [0.4, 0.5) is 11.4 Å². The van der Waals surface area contributed by atoms with Crippen LogP contribution in [0, 0.1) is 5.92 Å². The van der Waals surface area contributed by atoms with Crippen LogP contribution in [0.1, 0.15) is 26.2 Å². The highest BCUT2D eigenvalue weighted by Crippen LogP contribution is 2.38. The van der Waals surface area contributed by atoms with Crippen LogP contribution in [0.5, 0.6) is 0 Å². The first-order valence-corrected chi connectivity index (χ1v) is 7.05. The fourth-order valence-electron chi connectivity index (χ4n) is 3.40. The van der Waals surface area contributed by atoms with E-state index in [2.05, 4.69) is 10.2 Å². The van der Waals surface area contributed by atoms with Gasteiger partial charge in [-0.15, -0.1) is 0 Å². The van der Waals surface area contributed by atoms with Crippen LogP contribution >= 0.6 is 0 Å². The fraction of sp³-hybridized carbons (Fsp3) is 0.533. The standard InChI is InChI=1S/C15H21N3O/c1-10(18-9-11-2-7-14(18)8-11)15(19)17-13-5-3-12(16)4-6-13/h3-6,10-11,14H,2,7-9,16H2,1H3,(H,17,19). The SMILES string of the molecule is CC(C(=O)Nc1ccc(N)cc1)N1CC2CCC1C2. The first kappa shape index (κ1) is 12.5. The Labute approximate surface area is 114 Å². The van der Waals surface area contributed by atoms with E-state index in [0.29, 0.717) is 11.7 Å². The maximum atomic E-state index is 12.3. The van der Waals surface area contributed by atoms with Crippen molar-refractivity contribution in [1.82, 2.24) is 4.90 Å². The quantitative estimate of drug-likeness (QED) is 0.817. The lowest BCUT2D eigenvalue weighted by Gasteiger charge is -2.31. The number of piperidine rings is 1. The Hall–Kier alpha value is -1.55. The second-order valence-electron chi connectivity index (χ2n) is 5.82. The number of anilines is 2. The summed E-state index contributed by atoms with van der Waals surface area (Å²) in [5.41, 5.74) is 7.16. The number of nitrogens with zero attached hydrogens (tertiary/aromatic N) is 1. The molecule has 1 aromatic carbocycles. The van der Waals surface area contributed by atoms with Gasteiger partial charge in [0.25, 0.3) is 0 Å². The topological polar surface area (TPSA) is 58.4 Å². The van der Waals surface area contributed by atoms with E-state index < -0.39 is 0 Å². The van der Waals surface area contributed by atoms with Gasteiger partial charge in [0, 0.05) is 24.0 Å². The Morgan fingerprint density at radius 3 is 2.68 bits per heavy atom. The van der Waals surface area contributed by atoms with E-state index in [4.69, 9.17) is 5.73 Å². The normalized spacial score (nSPS) is 27.4. The summed E-state index contributed by atoms with van der Waals surface area (Å²) in [6.07, 6.45) is 3.87. The molecule has 4 nitrogen and oxygen atoms in total. The van der Waals surface area contributed by atoms with Crippen molar-refractivity contribution < 1.29 is 4.79 Å². The molecule has 2 bridgehead atoms. The lowest BCUT2D eigenvalue weighted by Crippen LogP contribution is -2.46. The zero-order valence-electron chi connectivity index (χ0n) is 11.3. The van der Waals surface area contributed by atoms with Crippen LogP contribution in [0.25, 0.3) is 0 Å². The molecule has 3 N–H and O–H groups in total. The molecule has 1 saturated carbocycles. The predicted octanol–water partition coefficient (Wildman–Crippen LogP) is 2.08. The number of rotatable bonds is 3. The largest absolute Gasteiger partial charge is 0.399 e. The van der Waals surface area contributed by atoms with Gasteiger partial charge in [-0.3, -0.25) is 9.69 Å². The average Bonchev–Trinajstić information content (AvgIpc) is 3.03. The minimum absolute atomic E-state index is 0.0483. The minimum atomic E-state index is -0.0483. The molecule has 1 aliphatic carbocycles. The van der Waals surface area contributed by atoms with Gasteiger partial charge in [0.2, 0.25) is 5.91 Å². The number of benzene rings is 1. The highest BCUT2D eigenvalue weighted by Gasteiger charge is 2.41. The van der Waals surface area contributed by atoms with Gasteiger partial charge < -0.3 is 11.1 Å². The average molecular weight is 259 g/mol. The smallest absolute Gasteiger partial charge is 0.241 e. The Bertz CT molecular complexity index is 471. The fourth-order valence-corrected chi connectivity index (χ4v) is 3.40. The predicted molar refractivity (Wildman–Crippen MR) is 76.8 cm³/mol. The maximum absolute atomic E-state index is 12.3. The van der Waals surface area contributed by atoms with Crippen LogP contribution in [0.2, 0.25) is 0 Å². The molecule has 4 heteroatoms. The third-order valence-electron chi connectivity index (χ3n) is 4.51. The Balaban J connectivity index is 1.62. The summed E-state index contributed by atoms with van der Waals surface area (Å²) in [4.78, 5) is 14.6. The van der Waals surface area contributed by atoms with Crippen LogP contribution in [0.15, 0.2) is 24.3 Å². The van der Waals surface area contributed by atoms with Crippen LogP contribution in [-0.4, -0.2) is 29.4 Å². The first-order chi connectivity index (χ1) is 9.13. The molecule has 3 rings (SSSR count). The number of carbonyl (C=O) groups is 1. The highest BCUT2D eigenvalue weighted by atomic mass is 16.2. The van der Waals surface area contributed by atoms with E-state index in [1.165, 1.54) is 19.3 Å². The van der Waals surface area contributed by atoms with Crippen LogP contribution < -0.4 is 11.1 Å². The molecule has 2 fully saturated rings. The van der Waals surface area contributed by atoms with Crippen molar-refractivity contribution in [3.8, 4) is 0 Å². The lowest BCUT2D eigenvalue weighted by molar-refractivity contribution is -0.121. The molecule has 2 aliphatic rings. The highest BCUT2D eigenvalue weighted by molar-refractivity contribution is 5.94. The van der Waals surface area contributed by atoms with Gasteiger partial charge in [-0.2, -0.15) is 0 Å². The number of likely N-dealkylation sites (tertiary alicyclic amines) is 1. The number of nitrogens with two attached hydrogens (primary N) is 1. The number of amides is 1. The molecular formula is C15H21N3O. The molecule has 0 radical (unpaired) electrons. The summed E-state index contributed by atoms with van der Waals surface area (Å²) in [5, 5.41) is 2.97. The molecule has 1 heterocycles. The van der Waals surface area contributed by atoms with Crippen LogP contribution in [-0.2, 0) is 4.79 Å². The van der Waals surface area contributed by atoms with E-state index in [-0.39, 0.29) is 11.9 Å².